The number of thiophene rings is 1. The van der Waals surface area contributed by atoms with Gasteiger partial charge in [-0.1, -0.05) is 0 Å². The van der Waals surface area contributed by atoms with Crippen LogP contribution in [0, 0.1) is 0 Å². The molecule has 1 aliphatic heterocycles. The summed E-state index contributed by atoms with van der Waals surface area (Å²) in [6.45, 7) is 3.41. The SMILES string of the molecule is CC1COCCN1S(=O)(=O)c1ccsc1CN. The number of hydrogen-bond acceptors (Lipinski definition) is 5. The summed E-state index contributed by atoms with van der Waals surface area (Å²) in [7, 11) is -3.43. The van der Waals surface area contributed by atoms with Gasteiger partial charge in [-0.2, -0.15) is 4.31 Å². The van der Waals surface area contributed by atoms with Crippen molar-refractivity contribution < 1.29 is 13.2 Å². The van der Waals surface area contributed by atoms with E-state index in [9.17, 15) is 8.42 Å². The van der Waals surface area contributed by atoms with E-state index in [1.165, 1.54) is 15.6 Å². The lowest BCUT2D eigenvalue weighted by Gasteiger charge is -2.32. The summed E-state index contributed by atoms with van der Waals surface area (Å²) in [4.78, 5) is 1.06. The van der Waals surface area contributed by atoms with Crippen molar-refractivity contribution in [1.29, 1.82) is 0 Å². The fourth-order valence-corrected chi connectivity index (χ4v) is 4.81. The zero-order valence-electron chi connectivity index (χ0n) is 9.63. The Balaban J connectivity index is 2.35. The van der Waals surface area contributed by atoms with E-state index in [4.69, 9.17) is 10.5 Å². The van der Waals surface area contributed by atoms with Crippen molar-refractivity contribution >= 4 is 21.4 Å². The molecule has 1 aliphatic rings. The number of nitrogens with zero attached hydrogens (tertiary/aromatic N) is 1. The van der Waals surface area contributed by atoms with E-state index in [2.05, 4.69) is 0 Å². The number of hydrogen-bond donors (Lipinski definition) is 1. The third-order valence-electron chi connectivity index (χ3n) is 2.78. The van der Waals surface area contributed by atoms with Crippen LogP contribution in [0.3, 0.4) is 0 Å². The van der Waals surface area contributed by atoms with Gasteiger partial charge >= 0.3 is 0 Å². The molecule has 0 spiro atoms. The van der Waals surface area contributed by atoms with Gasteiger partial charge in [0, 0.05) is 24.0 Å². The van der Waals surface area contributed by atoms with Gasteiger partial charge in [-0.25, -0.2) is 8.42 Å². The second kappa shape index (κ2) is 5.03. The summed E-state index contributed by atoms with van der Waals surface area (Å²) >= 11 is 1.38. The Morgan fingerprint density at radius 3 is 3.06 bits per heavy atom. The van der Waals surface area contributed by atoms with Crippen LogP contribution in [0.1, 0.15) is 11.8 Å². The Labute approximate surface area is 105 Å². The van der Waals surface area contributed by atoms with Crippen molar-refractivity contribution in [1.82, 2.24) is 4.31 Å². The summed E-state index contributed by atoms with van der Waals surface area (Å²) in [5.74, 6) is 0. The summed E-state index contributed by atoms with van der Waals surface area (Å²) in [5.41, 5.74) is 5.56. The molecule has 2 N–H and O–H groups in total. The number of nitrogens with two attached hydrogens (primary N) is 1. The quantitative estimate of drug-likeness (QED) is 0.878. The normalized spacial score (nSPS) is 22.8. The average molecular weight is 276 g/mol. The monoisotopic (exact) mass is 276 g/mol. The molecule has 1 aromatic heterocycles. The minimum Gasteiger partial charge on any atom is -0.378 e. The van der Waals surface area contributed by atoms with Gasteiger partial charge in [0.15, 0.2) is 0 Å². The van der Waals surface area contributed by atoms with Crippen LogP contribution in [0.15, 0.2) is 16.3 Å². The second-order valence-electron chi connectivity index (χ2n) is 3.95. The zero-order chi connectivity index (χ0) is 12.5. The predicted octanol–water partition coefficient (Wildman–Crippen LogP) is 0.616. The van der Waals surface area contributed by atoms with Gasteiger partial charge in [0.2, 0.25) is 10.0 Å². The molecule has 0 radical (unpaired) electrons. The Bertz CT molecular complexity index is 483. The van der Waals surface area contributed by atoms with E-state index >= 15 is 0 Å². The van der Waals surface area contributed by atoms with Crippen LogP contribution in [0.5, 0.6) is 0 Å². The van der Waals surface area contributed by atoms with Crippen LogP contribution in [0.4, 0.5) is 0 Å². The molecule has 7 heteroatoms. The maximum Gasteiger partial charge on any atom is 0.244 e. The zero-order valence-corrected chi connectivity index (χ0v) is 11.3. The third-order valence-corrected chi connectivity index (χ3v) is 5.95. The van der Waals surface area contributed by atoms with Crippen LogP contribution in [0.25, 0.3) is 0 Å². The lowest BCUT2D eigenvalue weighted by molar-refractivity contribution is 0.0392. The van der Waals surface area contributed by atoms with Crippen molar-refractivity contribution in [2.75, 3.05) is 19.8 Å². The Hall–Kier alpha value is -0.470. The molecule has 0 saturated carbocycles. The molecular formula is C10H16N2O3S2. The van der Waals surface area contributed by atoms with Crippen LogP contribution < -0.4 is 5.73 Å². The molecule has 0 bridgehead atoms. The maximum absolute atomic E-state index is 12.5. The number of morpholine rings is 1. The first-order valence-electron chi connectivity index (χ1n) is 5.43. The molecule has 5 nitrogen and oxygen atoms in total. The summed E-state index contributed by atoms with van der Waals surface area (Å²) in [5, 5.41) is 1.76. The molecular weight excluding hydrogens is 260 g/mol. The Morgan fingerprint density at radius 2 is 2.41 bits per heavy atom. The van der Waals surface area contributed by atoms with E-state index in [1.54, 1.807) is 11.4 Å². The van der Waals surface area contributed by atoms with Crippen LogP contribution in [-0.2, 0) is 21.3 Å². The largest absolute Gasteiger partial charge is 0.378 e. The molecule has 1 fully saturated rings. The Kier molecular flexibility index (Phi) is 3.84. The van der Waals surface area contributed by atoms with Crippen molar-refractivity contribution in [3.63, 3.8) is 0 Å². The smallest absolute Gasteiger partial charge is 0.244 e. The fraction of sp³-hybridized carbons (Fsp3) is 0.600. The molecule has 2 heterocycles. The highest BCUT2D eigenvalue weighted by atomic mass is 32.2. The minimum absolute atomic E-state index is 0.126. The van der Waals surface area contributed by atoms with E-state index in [0.29, 0.717) is 29.5 Å². The molecule has 1 saturated heterocycles. The Morgan fingerprint density at radius 1 is 1.65 bits per heavy atom. The molecule has 96 valence electrons. The molecule has 1 unspecified atom stereocenters. The highest BCUT2D eigenvalue weighted by molar-refractivity contribution is 7.89. The maximum atomic E-state index is 12.5. The minimum atomic E-state index is -3.43. The molecule has 17 heavy (non-hydrogen) atoms. The van der Waals surface area contributed by atoms with Gasteiger partial charge in [-0.15, -0.1) is 11.3 Å². The lowest BCUT2D eigenvalue weighted by atomic mass is 10.3. The predicted molar refractivity (Wildman–Crippen MR) is 66.4 cm³/mol. The number of sulfonamides is 1. The van der Waals surface area contributed by atoms with Crippen LogP contribution in [0.2, 0.25) is 0 Å². The van der Waals surface area contributed by atoms with Gasteiger partial charge in [-0.05, 0) is 18.4 Å². The van der Waals surface area contributed by atoms with Crippen LogP contribution in [-0.4, -0.2) is 38.5 Å². The first-order chi connectivity index (χ1) is 8.07. The fourth-order valence-electron chi connectivity index (χ4n) is 1.90. The molecule has 1 aromatic rings. The van der Waals surface area contributed by atoms with Crippen molar-refractivity contribution in [2.24, 2.45) is 5.73 Å². The van der Waals surface area contributed by atoms with E-state index < -0.39 is 10.0 Å². The van der Waals surface area contributed by atoms with E-state index in [1.807, 2.05) is 6.92 Å². The first kappa shape index (κ1) is 13.0. The van der Waals surface area contributed by atoms with Crippen LogP contribution >= 0.6 is 11.3 Å². The highest BCUT2D eigenvalue weighted by Gasteiger charge is 2.33. The van der Waals surface area contributed by atoms with Gasteiger partial charge in [0.25, 0.3) is 0 Å². The van der Waals surface area contributed by atoms with Crippen molar-refractivity contribution in [2.45, 2.75) is 24.4 Å². The topological polar surface area (TPSA) is 72.6 Å². The molecule has 0 aliphatic carbocycles. The van der Waals surface area contributed by atoms with E-state index in [-0.39, 0.29) is 12.6 Å². The molecule has 1 atom stereocenters. The lowest BCUT2D eigenvalue weighted by Crippen LogP contribution is -2.47. The summed E-state index contributed by atoms with van der Waals surface area (Å²) < 4.78 is 31.7. The van der Waals surface area contributed by atoms with Gasteiger partial charge in [0.05, 0.1) is 18.1 Å². The van der Waals surface area contributed by atoms with E-state index in [0.717, 1.165) is 0 Å². The number of rotatable bonds is 3. The standard InChI is InChI=1S/C10H16N2O3S2/c1-8-7-15-4-3-12(8)17(13,14)10-2-5-16-9(10)6-11/h2,5,8H,3-4,6-7,11H2,1H3. The second-order valence-corrected chi connectivity index (χ2v) is 6.81. The molecule has 2 rings (SSSR count). The van der Waals surface area contributed by atoms with Crippen molar-refractivity contribution in [3.8, 4) is 0 Å². The number of ether oxygens (including phenoxy) is 1. The average Bonchev–Trinajstić information content (AvgIpc) is 2.78. The summed E-state index contributed by atoms with van der Waals surface area (Å²) in [6, 6.07) is 1.50. The van der Waals surface area contributed by atoms with Gasteiger partial charge in [0.1, 0.15) is 0 Å². The molecule has 0 amide bonds. The van der Waals surface area contributed by atoms with Gasteiger partial charge < -0.3 is 10.5 Å². The van der Waals surface area contributed by atoms with Crippen molar-refractivity contribution in [3.05, 3.63) is 16.3 Å². The third kappa shape index (κ3) is 2.38. The highest BCUT2D eigenvalue weighted by Crippen LogP contribution is 2.26. The first-order valence-corrected chi connectivity index (χ1v) is 7.75. The summed E-state index contributed by atoms with van der Waals surface area (Å²) in [6.07, 6.45) is 0. The van der Waals surface area contributed by atoms with Gasteiger partial charge in [-0.3, -0.25) is 0 Å². The molecule has 0 aromatic carbocycles.